The lowest BCUT2D eigenvalue weighted by molar-refractivity contribution is 0.0242. The highest BCUT2D eigenvalue weighted by molar-refractivity contribution is 9.10. The van der Waals surface area contributed by atoms with Crippen LogP contribution in [0.2, 0.25) is 0 Å². The van der Waals surface area contributed by atoms with Crippen LogP contribution in [0, 0.1) is 0 Å². The van der Waals surface area contributed by atoms with Gasteiger partial charge in [0.15, 0.2) is 0 Å². The molecule has 0 bridgehead atoms. The molecule has 0 spiro atoms. The number of halogens is 2. The van der Waals surface area contributed by atoms with E-state index >= 15 is 0 Å². The fourth-order valence-corrected chi connectivity index (χ4v) is 2.36. The Balaban J connectivity index is 3.12. The minimum atomic E-state index is -0.264. The maximum atomic E-state index is 5.48. The zero-order valence-electron chi connectivity index (χ0n) is 7.68. The molecule has 3 heteroatoms. The van der Waals surface area contributed by atoms with Crippen LogP contribution < -0.4 is 0 Å². The van der Waals surface area contributed by atoms with E-state index in [1.165, 1.54) is 0 Å². The largest absolute Gasteiger partial charge is 0.373 e. The number of alkyl halides is 1. The molecule has 0 aliphatic rings. The lowest BCUT2D eigenvalue weighted by Crippen LogP contribution is -2.26. The van der Waals surface area contributed by atoms with Crippen molar-refractivity contribution < 1.29 is 4.74 Å². The maximum Gasteiger partial charge on any atom is 0.101 e. The zero-order chi connectivity index (χ0) is 9.90. The molecule has 1 nitrogen and oxygen atoms in total. The summed E-state index contributed by atoms with van der Waals surface area (Å²) in [7, 11) is 1.72. The smallest absolute Gasteiger partial charge is 0.101 e. The summed E-state index contributed by atoms with van der Waals surface area (Å²) < 4.78 is 6.56. The first kappa shape index (κ1) is 11.2. The molecule has 0 saturated carbocycles. The maximum absolute atomic E-state index is 5.48. The molecule has 1 rings (SSSR count). The van der Waals surface area contributed by atoms with Gasteiger partial charge < -0.3 is 4.74 Å². The van der Waals surface area contributed by atoms with Crippen LogP contribution in [-0.2, 0) is 10.3 Å². The number of ether oxygens (including phenoxy) is 1. The standard InChI is InChI=1S/C10H12Br2O/c1-10(7-11,13-2)8-5-3-4-6-9(8)12/h3-6H,7H2,1-2H3. The Kier molecular flexibility index (Phi) is 3.95. The predicted octanol–water partition coefficient (Wildman–Crippen LogP) is 3.71. The molecule has 0 fully saturated rings. The minimum Gasteiger partial charge on any atom is -0.373 e. The molecule has 0 aliphatic carbocycles. The van der Waals surface area contributed by atoms with Gasteiger partial charge >= 0.3 is 0 Å². The van der Waals surface area contributed by atoms with Gasteiger partial charge in [0, 0.05) is 16.9 Å². The van der Waals surface area contributed by atoms with Crippen molar-refractivity contribution in [3.63, 3.8) is 0 Å². The van der Waals surface area contributed by atoms with Crippen LogP contribution in [-0.4, -0.2) is 12.4 Å². The van der Waals surface area contributed by atoms with Crippen molar-refractivity contribution in [2.24, 2.45) is 0 Å². The quantitative estimate of drug-likeness (QED) is 0.774. The Hall–Kier alpha value is 0.140. The second kappa shape index (κ2) is 4.58. The molecule has 13 heavy (non-hydrogen) atoms. The molecule has 72 valence electrons. The molecule has 0 heterocycles. The molecule has 1 aromatic carbocycles. The highest BCUT2D eigenvalue weighted by atomic mass is 79.9. The highest BCUT2D eigenvalue weighted by Gasteiger charge is 2.26. The van der Waals surface area contributed by atoms with Crippen LogP contribution in [0.4, 0.5) is 0 Å². The second-order valence-corrected chi connectivity index (χ2v) is 4.46. The third-order valence-corrected chi connectivity index (χ3v) is 3.91. The van der Waals surface area contributed by atoms with Crippen molar-refractivity contribution in [2.45, 2.75) is 12.5 Å². The van der Waals surface area contributed by atoms with Crippen LogP contribution in [0.1, 0.15) is 12.5 Å². The first-order chi connectivity index (χ1) is 6.14. The zero-order valence-corrected chi connectivity index (χ0v) is 10.9. The number of benzene rings is 1. The van der Waals surface area contributed by atoms with Crippen LogP contribution >= 0.6 is 31.9 Å². The van der Waals surface area contributed by atoms with Gasteiger partial charge in [-0.1, -0.05) is 50.1 Å². The Labute approximate surface area is 95.7 Å². The third-order valence-electron chi connectivity index (χ3n) is 2.15. The average molecular weight is 308 g/mol. The van der Waals surface area contributed by atoms with Gasteiger partial charge in [-0.25, -0.2) is 0 Å². The summed E-state index contributed by atoms with van der Waals surface area (Å²) >= 11 is 6.97. The summed E-state index contributed by atoms with van der Waals surface area (Å²) in [6, 6.07) is 8.10. The summed E-state index contributed by atoms with van der Waals surface area (Å²) in [5.74, 6) is 0. The summed E-state index contributed by atoms with van der Waals surface area (Å²) in [4.78, 5) is 0. The molecular weight excluding hydrogens is 296 g/mol. The van der Waals surface area contributed by atoms with Gasteiger partial charge in [0.25, 0.3) is 0 Å². The number of hydrogen-bond acceptors (Lipinski definition) is 1. The van der Waals surface area contributed by atoms with Crippen molar-refractivity contribution in [2.75, 3.05) is 12.4 Å². The molecule has 0 radical (unpaired) electrons. The van der Waals surface area contributed by atoms with Crippen LogP contribution in [0.3, 0.4) is 0 Å². The average Bonchev–Trinajstić information content (AvgIpc) is 2.17. The van der Waals surface area contributed by atoms with Gasteiger partial charge in [0.05, 0.1) is 0 Å². The van der Waals surface area contributed by atoms with Gasteiger partial charge in [-0.2, -0.15) is 0 Å². The van der Waals surface area contributed by atoms with Crippen LogP contribution in [0.25, 0.3) is 0 Å². The molecule has 0 saturated heterocycles. The van der Waals surface area contributed by atoms with Crippen molar-refractivity contribution >= 4 is 31.9 Å². The van der Waals surface area contributed by atoms with E-state index in [0.29, 0.717) is 0 Å². The molecule has 0 amide bonds. The molecule has 0 aromatic heterocycles. The topological polar surface area (TPSA) is 9.23 Å². The van der Waals surface area contributed by atoms with Crippen molar-refractivity contribution in [3.05, 3.63) is 34.3 Å². The third kappa shape index (κ3) is 2.33. The molecule has 0 aliphatic heterocycles. The van der Waals surface area contributed by atoms with Gasteiger partial charge in [-0.15, -0.1) is 0 Å². The predicted molar refractivity (Wildman–Crippen MR) is 62.3 cm³/mol. The Morgan fingerprint density at radius 3 is 2.46 bits per heavy atom. The summed E-state index contributed by atoms with van der Waals surface area (Å²) in [5.41, 5.74) is 0.898. The number of hydrogen-bond donors (Lipinski definition) is 0. The molecule has 1 unspecified atom stereocenters. The van der Waals surface area contributed by atoms with E-state index in [1.807, 2.05) is 18.2 Å². The summed E-state index contributed by atoms with van der Waals surface area (Å²) in [5, 5.41) is 0.777. The molecular formula is C10H12Br2O. The van der Waals surface area contributed by atoms with Crippen molar-refractivity contribution in [1.82, 2.24) is 0 Å². The van der Waals surface area contributed by atoms with E-state index < -0.39 is 0 Å². The fraction of sp³-hybridized carbons (Fsp3) is 0.400. The SMILES string of the molecule is COC(C)(CBr)c1ccccc1Br. The highest BCUT2D eigenvalue weighted by Crippen LogP contribution is 2.32. The number of methoxy groups -OCH3 is 1. The van der Waals surface area contributed by atoms with Gasteiger partial charge in [0.2, 0.25) is 0 Å². The summed E-state index contributed by atoms with van der Waals surface area (Å²) in [6.07, 6.45) is 0. The molecule has 0 N–H and O–H groups in total. The van der Waals surface area contributed by atoms with Crippen LogP contribution in [0.5, 0.6) is 0 Å². The fourth-order valence-electron chi connectivity index (χ4n) is 1.13. The van der Waals surface area contributed by atoms with Crippen LogP contribution in [0.15, 0.2) is 28.7 Å². The summed E-state index contributed by atoms with van der Waals surface area (Å²) in [6.45, 7) is 2.06. The van der Waals surface area contributed by atoms with Gasteiger partial charge in [-0.05, 0) is 18.6 Å². The van der Waals surface area contributed by atoms with E-state index in [1.54, 1.807) is 7.11 Å². The lowest BCUT2D eigenvalue weighted by Gasteiger charge is -2.27. The number of rotatable bonds is 3. The van der Waals surface area contributed by atoms with E-state index in [0.717, 1.165) is 15.4 Å². The van der Waals surface area contributed by atoms with Crippen molar-refractivity contribution in [3.8, 4) is 0 Å². The first-order valence-electron chi connectivity index (χ1n) is 4.00. The van der Waals surface area contributed by atoms with Gasteiger partial charge in [0.1, 0.15) is 5.60 Å². The second-order valence-electron chi connectivity index (χ2n) is 3.05. The Morgan fingerprint density at radius 1 is 1.38 bits per heavy atom. The Morgan fingerprint density at radius 2 is 2.00 bits per heavy atom. The van der Waals surface area contributed by atoms with E-state index in [-0.39, 0.29) is 5.60 Å². The minimum absolute atomic E-state index is 0.264. The van der Waals surface area contributed by atoms with E-state index in [2.05, 4.69) is 44.8 Å². The molecule has 1 aromatic rings. The van der Waals surface area contributed by atoms with Gasteiger partial charge in [-0.3, -0.25) is 0 Å². The lowest BCUT2D eigenvalue weighted by atomic mass is 9.98. The van der Waals surface area contributed by atoms with E-state index in [9.17, 15) is 0 Å². The van der Waals surface area contributed by atoms with Crippen molar-refractivity contribution in [1.29, 1.82) is 0 Å². The molecule has 1 atom stereocenters. The monoisotopic (exact) mass is 306 g/mol. The van der Waals surface area contributed by atoms with E-state index in [4.69, 9.17) is 4.74 Å². The Bertz CT molecular complexity index is 282. The normalized spacial score (nSPS) is 15.4. The first-order valence-corrected chi connectivity index (χ1v) is 5.91.